The third-order valence-corrected chi connectivity index (χ3v) is 9.90. The van der Waals surface area contributed by atoms with Gasteiger partial charge in [0.05, 0.1) is 13.0 Å². The molecule has 3 N–H and O–H groups in total. The van der Waals surface area contributed by atoms with E-state index in [1.54, 1.807) is 41.9 Å². The van der Waals surface area contributed by atoms with Gasteiger partial charge >= 0.3 is 0 Å². The molecule has 7 atom stereocenters. The maximum Gasteiger partial charge on any atom is 0.243 e. The van der Waals surface area contributed by atoms with Crippen molar-refractivity contribution in [2.45, 2.75) is 58.4 Å². The van der Waals surface area contributed by atoms with Crippen molar-refractivity contribution in [2.75, 3.05) is 6.67 Å². The number of hydrogen-bond acceptors (Lipinski definition) is 7. The summed E-state index contributed by atoms with van der Waals surface area (Å²) in [6.45, 7) is 7.60. The highest BCUT2D eigenvalue weighted by Gasteiger charge is 2.61. The number of carbonyl (C=O) groups is 3. The lowest BCUT2D eigenvalue weighted by Crippen LogP contribution is -2.59. The fourth-order valence-electron chi connectivity index (χ4n) is 7.93. The Kier molecular flexibility index (Phi) is 9.27. The molecule has 0 radical (unpaired) electrons. The summed E-state index contributed by atoms with van der Waals surface area (Å²) in [6.07, 6.45) is 24.8. The van der Waals surface area contributed by atoms with E-state index in [0.717, 1.165) is 38.8 Å². The number of nitrogens with zero attached hydrogens (tertiary/aromatic N) is 4. The van der Waals surface area contributed by atoms with Crippen LogP contribution in [0.5, 0.6) is 0 Å². The lowest BCUT2D eigenvalue weighted by atomic mass is 9.48. The van der Waals surface area contributed by atoms with Gasteiger partial charge in [-0.1, -0.05) is 19.9 Å². The van der Waals surface area contributed by atoms with Gasteiger partial charge in [-0.3, -0.25) is 14.2 Å². The van der Waals surface area contributed by atoms with Crippen LogP contribution in [0.4, 0.5) is 0 Å². The van der Waals surface area contributed by atoms with Crippen LogP contribution in [-0.4, -0.2) is 50.4 Å². The summed E-state index contributed by atoms with van der Waals surface area (Å²) in [4.78, 5) is 40.8. The summed E-state index contributed by atoms with van der Waals surface area (Å²) >= 11 is 0. The Labute approximate surface area is 236 Å². The summed E-state index contributed by atoms with van der Waals surface area (Å²) in [5, 5.41) is 9.08. The van der Waals surface area contributed by atoms with Crippen molar-refractivity contribution in [1.29, 1.82) is 0 Å². The number of aryl methyl sites for hydroxylation is 1. The highest BCUT2D eigenvalue weighted by atomic mass is 16.2. The summed E-state index contributed by atoms with van der Waals surface area (Å²) in [6, 6.07) is 0.269. The second kappa shape index (κ2) is 12.7. The van der Waals surface area contributed by atoms with E-state index in [-0.39, 0.29) is 34.6 Å². The van der Waals surface area contributed by atoms with Gasteiger partial charge in [-0.05, 0) is 67.8 Å². The van der Waals surface area contributed by atoms with E-state index in [1.807, 2.05) is 37.0 Å². The van der Waals surface area contributed by atoms with Crippen molar-refractivity contribution in [1.82, 2.24) is 35.1 Å². The summed E-state index contributed by atoms with van der Waals surface area (Å²) < 4.78 is 3.57. The van der Waals surface area contributed by atoms with Crippen molar-refractivity contribution in [3.63, 3.8) is 0 Å². The molecule has 1 amide bonds. The van der Waals surface area contributed by atoms with E-state index in [2.05, 4.69) is 45.8 Å². The lowest BCUT2D eigenvalue weighted by Gasteiger charge is -2.58. The zero-order valence-electron chi connectivity index (χ0n) is 23.8. The molecule has 3 saturated carbocycles. The highest BCUT2D eigenvalue weighted by Crippen LogP contribution is 2.65. The molecule has 2 aromatic heterocycles. The van der Waals surface area contributed by atoms with Crippen LogP contribution in [0, 0.1) is 34.5 Å². The molecule has 0 saturated heterocycles. The minimum atomic E-state index is 0.0587. The topological polar surface area (TPSA) is 123 Å². The van der Waals surface area contributed by atoms with Crippen LogP contribution in [0.3, 0.4) is 0 Å². The molecular formula is C30H43N7O3. The number of nitrogens with one attached hydrogen (secondary N) is 3. The molecule has 4 heterocycles. The van der Waals surface area contributed by atoms with Crippen LogP contribution in [0.15, 0.2) is 62.0 Å². The Morgan fingerprint density at radius 3 is 2.27 bits per heavy atom. The Hall–Kier alpha value is -3.69. The van der Waals surface area contributed by atoms with Crippen LogP contribution in [0.1, 0.15) is 57.2 Å². The predicted octanol–water partition coefficient (Wildman–Crippen LogP) is 3.28. The zero-order valence-corrected chi connectivity index (χ0v) is 23.8. The maximum absolute atomic E-state index is 13.1. The van der Waals surface area contributed by atoms with Crippen molar-refractivity contribution in [3.8, 4) is 0 Å². The molecule has 7 unspecified atom stereocenters. The minimum Gasteiger partial charge on any atom is -0.373 e. The number of aromatic nitrogens is 4. The Bertz CT molecular complexity index is 1170. The number of imidazole rings is 2. The molecule has 3 aliphatic carbocycles. The first-order valence-electron chi connectivity index (χ1n) is 14.2. The quantitative estimate of drug-likeness (QED) is 0.499. The first-order valence-corrected chi connectivity index (χ1v) is 14.2. The zero-order chi connectivity index (χ0) is 28.8. The van der Waals surface area contributed by atoms with Gasteiger partial charge in [-0.15, -0.1) is 0 Å². The number of fused-ring (bicyclic) bond motifs is 5. The van der Waals surface area contributed by atoms with E-state index in [4.69, 9.17) is 4.79 Å². The van der Waals surface area contributed by atoms with Crippen LogP contribution in [0.25, 0.3) is 0 Å². The smallest absolute Gasteiger partial charge is 0.243 e. The fraction of sp³-hybridized carbons (Fsp3) is 0.567. The van der Waals surface area contributed by atoms with E-state index in [9.17, 15) is 9.59 Å². The molecule has 2 aromatic rings. The summed E-state index contributed by atoms with van der Waals surface area (Å²) in [5.74, 6) is 2.25. The van der Waals surface area contributed by atoms with Crippen molar-refractivity contribution in [3.05, 3.63) is 62.0 Å². The van der Waals surface area contributed by atoms with E-state index in [1.165, 1.54) is 6.42 Å². The fourth-order valence-corrected chi connectivity index (χ4v) is 7.93. The van der Waals surface area contributed by atoms with Gasteiger partial charge in [-0.2, -0.15) is 0 Å². The number of amides is 1. The molecule has 216 valence electrons. The Morgan fingerprint density at radius 2 is 1.70 bits per heavy atom. The standard InChI is InChI=1S/C22H29N3O2.C4H6N2.C3H6N2.CH2O/c1-21-9-7-16-14(3-6-18-22(16,2)10-8-19(26)24-18)15(21)4-5-17(21)20(27)25-12-11-23-13-25;1-6-3-2-5-4-6;1-2-5-3-4-1;1-2/h8,10-18H,3-7,9H2,1-2H3,(H,24,26);2-4H,1H3;1-2,4-5H,3H2;1H2. The second-order valence-corrected chi connectivity index (χ2v) is 11.8. The van der Waals surface area contributed by atoms with Gasteiger partial charge < -0.3 is 25.3 Å². The molecule has 0 spiro atoms. The van der Waals surface area contributed by atoms with Gasteiger partial charge in [0.15, 0.2) is 0 Å². The molecule has 5 aliphatic rings. The Morgan fingerprint density at radius 1 is 0.975 bits per heavy atom. The number of carbonyl (C=O) groups excluding carboxylic acids is 3. The molecule has 0 bridgehead atoms. The van der Waals surface area contributed by atoms with E-state index < -0.39 is 0 Å². The van der Waals surface area contributed by atoms with Crippen LogP contribution in [-0.2, 0) is 16.6 Å². The predicted molar refractivity (Wildman–Crippen MR) is 152 cm³/mol. The van der Waals surface area contributed by atoms with Gasteiger partial charge in [0.2, 0.25) is 11.8 Å². The first-order chi connectivity index (χ1) is 19.3. The normalized spacial score (nSPS) is 34.4. The number of rotatable bonds is 1. The lowest BCUT2D eigenvalue weighted by molar-refractivity contribution is -0.122. The molecule has 2 aliphatic heterocycles. The average molecular weight is 550 g/mol. The second-order valence-electron chi connectivity index (χ2n) is 11.8. The summed E-state index contributed by atoms with van der Waals surface area (Å²) in [5.41, 5.74) is 0.151. The SMILES string of the molecule is C1=CNCN1.C=O.CC12C=CC(=O)NC1CCC1C2CCC2(C)C(C(=O)n3ccnc3)CCC12.Cn1ccnc1. The van der Waals surface area contributed by atoms with Gasteiger partial charge in [0.25, 0.3) is 0 Å². The highest BCUT2D eigenvalue weighted by molar-refractivity contribution is 5.89. The first kappa shape index (κ1) is 29.3. The Balaban J connectivity index is 0.000000235. The third kappa shape index (κ3) is 5.76. The minimum absolute atomic E-state index is 0.0587. The van der Waals surface area contributed by atoms with Gasteiger partial charge in [0.1, 0.15) is 13.1 Å². The molecular weight excluding hydrogens is 506 g/mol. The monoisotopic (exact) mass is 549 g/mol. The third-order valence-electron chi connectivity index (χ3n) is 9.90. The van der Waals surface area contributed by atoms with Gasteiger partial charge in [-0.25, -0.2) is 9.97 Å². The number of hydrogen-bond donors (Lipinski definition) is 3. The van der Waals surface area contributed by atoms with Crippen molar-refractivity contribution in [2.24, 2.45) is 41.5 Å². The van der Waals surface area contributed by atoms with E-state index >= 15 is 0 Å². The van der Waals surface area contributed by atoms with E-state index in [0.29, 0.717) is 17.8 Å². The van der Waals surface area contributed by atoms with Crippen LogP contribution < -0.4 is 16.0 Å². The molecule has 0 aromatic carbocycles. The van der Waals surface area contributed by atoms with Crippen LogP contribution >= 0.6 is 0 Å². The van der Waals surface area contributed by atoms with Crippen molar-refractivity contribution < 1.29 is 14.4 Å². The molecule has 40 heavy (non-hydrogen) atoms. The molecule has 10 nitrogen and oxygen atoms in total. The maximum atomic E-state index is 13.1. The average Bonchev–Trinajstić information content (AvgIpc) is 3.79. The summed E-state index contributed by atoms with van der Waals surface area (Å²) in [7, 11) is 1.94. The molecule has 3 fully saturated rings. The van der Waals surface area contributed by atoms with Crippen molar-refractivity contribution >= 4 is 18.6 Å². The molecule has 10 heteroatoms. The van der Waals surface area contributed by atoms with Gasteiger partial charge in [0, 0.05) is 61.6 Å². The largest absolute Gasteiger partial charge is 0.373 e. The molecule has 7 rings (SSSR count). The van der Waals surface area contributed by atoms with Crippen LogP contribution in [0.2, 0.25) is 0 Å².